The molecule has 2 nitrogen and oxygen atoms in total. The number of hydrogen-bond acceptors (Lipinski definition) is 2. The summed E-state index contributed by atoms with van der Waals surface area (Å²) in [5, 5.41) is 9.09. The van der Waals surface area contributed by atoms with Gasteiger partial charge in [0.1, 0.15) is 5.78 Å². The molecule has 0 heterocycles. The fourth-order valence-corrected chi connectivity index (χ4v) is 0.669. The van der Waals surface area contributed by atoms with E-state index in [1.54, 1.807) is 13.0 Å². The molecule has 0 aliphatic rings. The number of Topliss-reactive ketones (excluding diaryl/α,β-unsaturated/α-hetero) is 1. The highest BCUT2D eigenvalue weighted by Gasteiger charge is 1.95. The minimum Gasteiger partial charge on any atom is -0.393 e. The van der Waals surface area contributed by atoms with Gasteiger partial charge in [-0.2, -0.15) is 0 Å². The van der Waals surface area contributed by atoms with E-state index in [1.807, 2.05) is 13.0 Å². The predicted molar refractivity (Wildman–Crippen MR) is 58.8 cm³/mol. The Morgan fingerprint density at radius 3 is 2.31 bits per heavy atom. The topological polar surface area (TPSA) is 37.3 Å². The van der Waals surface area contributed by atoms with E-state index in [1.165, 1.54) is 0 Å². The van der Waals surface area contributed by atoms with E-state index >= 15 is 0 Å². The quantitative estimate of drug-likeness (QED) is 0.673. The monoisotopic (exact) mass is 188 g/mol. The van der Waals surface area contributed by atoms with Crippen molar-refractivity contribution in [3.8, 4) is 0 Å². The average molecular weight is 188 g/mol. The lowest BCUT2D eigenvalue weighted by atomic mass is 10.2. The van der Waals surface area contributed by atoms with Crippen molar-refractivity contribution in [3.05, 3.63) is 12.2 Å². The summed E-state index contributed by atoms with van der Waals surface area (Å²) in [5.74, 6) is 0.159. The molecular weight excluding hydrogens is 164 g/mol. The van der Waals surface area contributed by atoms with E-state index in [0.29, 0.717) is 12.8 Å². The van der Waals surface area contributed by atoms with Gasteiger partial charge >= 0.3 is 0 Å². The van der Waals surface area contributed by atoms with Crippen LogP contribution in [-0.4, -0.2) is 17.0 Å². The van der Waals surface area contributed by atoms with Gasteiger partial charge in [0.25, 0.3) is 0 Å². The highest BCUT2D eigenvalue weighted by atomic mass is 16.3. The molecule has 1 N–H and O–H groups in total. The molecule has 0 radical (unpaired) electrons. The highest BCUT2D eigenvalue weighted by Crippen LogP contribution is 1.98. The van der Waals surface area contributed by atoms with Crippen molar-refractivity contribution in [2.75, 3.05) is 0 Å². The molecule has 0 bridgehead atoms. The van der Waals surface area contributed by atoms with Crippen molar-refractivity contribution < 1.29 is 9.90 Å². The van der Waals surface area contributed by atoms with Crippen LogP contribution < -0.4 is 0 Å². The highest BCUT2D eigenvalue weighted by molar-refractivity contribution is 5.76. The Bertz CT molecular complexity index is 139. The van der Waals surface area contributed by atoms with Gasteiger partial charge in [-0.25, -0.2) is 0 Å². The molecule has 0 aromatic carbocycles. The first-order valence-corrected chi connectivity index (χ1v) is 3.99. The Kier molecular flexibility index (Phi) is 15.9. The molecular formula is C11H24O2. The van der Waals surface area contributed by atoms with E-state index in [0.717, 1.165) is 6.42 Å². The van der Waals surface area contributed by atoms with Crippen molar-refractivity contribution in [2.45, 2.75) is 54.1 Å². The molecule has 1 unspecified atom stereocenters. The molecule has 1 atom stereocenters. The molecule has 0 rings (SSSR count). The van der Waals surface area contributed by atoms with Crippen LogP contribution in [0.1, 0.15) is 48.0 Å². The Morgan fingerprint density at radius 2 is 1.92 bits per heavy atom. The molecule has 0 aromatic heterocycles. The first-order valence-electron chi connectivity index (χ1n) is 3.99. The van der Waals surface area contributed by atoms with E-state index in [2.05, 4.69) is 0 Å². The number of ketones is 1. The third-order valence-electron chi connectivity index (χ3n) is 1.45. The number of aliphatic hydroxyl groups is 1. The predicted octanol–water partition coefficient (Wildman–Crippen LogP) is 2.95. The number of carbonyl (C=O) groups excluding carboxylic acids is 1. The molecule has 80 valence electrons. The third kappa shape index (κ3) is 14.2. The SMILES string of the molecule is C.C.CCC(O)CC=CCC(C)=O. The van der Waals surface area contributed by atoms with Crippen molar-refractivity contribution in [1.82, 2.24) is 0 Å². The van der Waals surface area contributed by atoms with Crippen LogP contribution in [0, 0.1) is 0 Å². The maximum atomic E-state index is 10.4. The maximum Gasteiger partial charge on any atom is 0.133 e. The Morgan fingerprint density at radius 1 is 1.38 bits per heavy atom. The standard InChI is InChI=1S/C9H16O2.2CH4/c1-3-9(11)7-5-4-6-8(2)10;;/h4-5,9,11H,3,6-7H2,1-2H3;2*1H4. The van der Waals surface area contributed by atoms with Crippen LogP contribution in [-0.2, 0) is 4.79 Å². The van der Waals surface area contributed by atoms with Gasteiger partial charge in [0.15, 0.2) is 0 Å². The summed E-state index contributed by atoms with van der Waals surface area (Å²) in [7, 11) is 0. The second-order valence-electron chi connectivity index (χ2n) is 2.68. The first kappa shape index (κ1) is 18.2. The number of carbonyl (C=O) groups is 1. The molecule has 0 aliphatic heterocycles. The van der Waals surface area contributed by atoms with Gasteiger partial charge in [0, 0.05) is 6.42 Å². The zero-order valence-electron chi connectivity index (χ0n) is 7.21. The normalized spacial score (nSPS) is 11.6. The third-order valence-corrected chi connectivity index (χ3v) is 1.45. The second-order valence-corrected chi connectivity index (χ2v) is 2.68. The molecule has 0 aliphatic carbocycles. The zero-order chi connectivity index (χ0) is 8.69. The number of aliphatic hydroxyl groups excluding tert-OH is 1. The fraction of sp³-hybridized carbons (Fsp3) is 0.727. The van der Waals surface area contributed by atoms with Gasteiger partial charge < -0.3 is 5.11 Å². The minimum atomic E-state index is -0.252. The lowest BCUT2D eigenvalue weighted by Crippen LogP contribution is -2.01. The molecule has 0 saturated carbocycles. The molecule has 0 aromatic rings. The zero-order valence-corrected chi connectivity index (χ0v) is 7.21. The van der Waals surface area contributed by atoms with Crippen molar-refractivity contribution >= 4 is 5.78 Å². The van der Waals surface area contributed by atoms with Crippen LogP contribution in [0.15, 0.2) is 12.2 Å². The largest absolute Gasteiger partial charge is 0.393 e. The summed E-state index contributed by atoms with van der Waals surface area (Å²) >= 11 is 0. The number of hydrogen-bond donors (Lipinski definition) is 1. The summed E-state index contributed by atoms with van der Waals surface area (Å²) < 4.78 is 0. The van der Waals surface area contributed by atoms with Gasteiger partial charge in [0.2, 0.25) is 0 Å². The van der Waals surface area contributed by atoms with Gasteiger partial charge in [-0.05, 0) is 19.8 Å². The van der Waals surface area contributed by atoms with Crippen LogP contribution in [0.5, 0.6) is 0 Å². The molecule has 2 heteroatoms. The van der Waals surface area contributed by atoms with Gasteiger partial charge in [-0.1, -0.05) is 33.9 Å². The summed E-state index contributed by atoms with van der Waals surface area (Å²) in [6.45, 7) is 3.49. The van der Waals surface area contributed by atoms with Gasteiger partial charge in [0.05, 0.1) is 6.10 Å². The van der Waals surface area contributed by atoms with Gasteiger partial charge in [-0.3, -0.25) is 4.79 Å². The Labute approximate surface area is 82.7 Å². The van der Waals surface area contributed by atoms with Crippen molar-refractivity contribution in [3.63, 3.8) is 0 Å². The van der Waals surface area contributed by atoms with Crippen molar-refractivity contribution in [2.24, 2.45) is 0 Å². The molecule has 13 heavy (non-hydrogen) atoms. The van der Waals surface area contributed by atoms with Crippen molar-refractivity contribution in [1.29, 1.82) is 0 Å². The summed E-state index contributed by atoms with van der Waals surface area (Å²) in [4.78, 5) is 10.4. The lowest BCUT2D eigenvalue weighted by molar-refractivity contribution is -0.116. The van der Waals surface area contributed by atoms with E-state index in [4.69, 9.17) is 5.11 Å². The Hall–Kier alpha value is -0.630. The Balaban J connectivity index is -0.000000500. The van der Waals surface area contributed by atoms with Gasteiger partial charge in [-0.15, -0.1) is 0 Å². The van der Waals surface area contributed by atoms with Crippen LogP contribution >= 0.6 is 0 Å². The molecule has 0 amide bonds. The van der Waals surface area contributed by atoms with Crippen LogP contribution in [0.4, 0.5) is 0 Å². The van der Waals surface area contributed by atoms with E-state index < -0.39 is 0 Å². The fourth-order valence-electron chi connectivity index (χ4n) is 0.669. The number of rotatable bonds is 5. The second kappa shape index (κ2) is 11.4. The smallest absolute Gasteiger partial charge is 0.133 e. The number of allylic oxidation sites excluding steroid dienone is 1. The average Bonchev–Trinajstić information content (AvgIpc) is 1.97. The summed E-state index contributed by atoms with van der Waals surface area (Å²) in [5.41, 5.74) is 0. The summed E-state index contributed by atoms with van der Waals surface area (Å²) in [6, 6.07) is 0. The molecule has 0 spiro atoms. The van der Waals surface area contributed by atoms with E-state index in [-0.39, 0.29) is 26.7 Å². The summed E-state index contributed by atoms with van der Waals surface area (Å²) in [6.07, 6.45) is 5.32. The minimum absolute atomic E-state index is 0. The maximum absolute atomic E-state index is 10.4. The molecule has 0 fully saturated rings. The first-order chi connectivity index (χ1) is 5.16. The van der Waals surface area contributed by atoms with Crippen LogP contribution in [0.3, 0.4) is 0 Å². The lowest BCUT2D eigenvalue weighted by Gasteiger charge is -2.00. The van der Waals surface area contributed by atoms with E-state index in [9.17, 15) is 4.79 Å². The van der Waals surface area contributed by atoms with Crippen LogP contribution in [0.2, 0.25) is 0 Å². The van der Waals surface area contributed by atoms with Crippen LogP contribution in [0.25, 0.3) is 0 Å². The molecule has 0 saturated heterocycles.